The molecular formula is C23H20FNO3S. The largest absolute Gasteiger partial charge is 0.311 e. The number of halogens is 1. The minimum absolute atomic E-state index is 0.0200. The Morgan fingerprint density at radius 2 is 1.59 bits per heavy atom. The van der Waals surface area contributed by atoms with Crippen LogP contribution in [-0.2, 0) is 21.6 Å². The van der Waals surface area contributed by atoms with Crippen molar-refractivity contribution < 1.29 is 17.9 Å². The molecule has 3 atom stereocenters. The smallest absolute Gasteiger partial charge is 0.235 e. The van der Waals surface area contributed by atoms with E-state index < -0.39 is 11.1 Å². The van der Waals surface area contributed by atoms with E-state index in [-0.39, 0.29) is 29.3 Å². The normalized spacial score (nSPS) is 20.1. The highest BCUT2D eigenvalue weighted by atomic mass is 32.2. The molecule has 4 nitrogen and oxygen atoms in total. The third-order valence-corrected chi connectivity index (χ3v) is 5.89. The zero-order valence-corrected chi connectivity index (χ0v) is 16.4. The lowest BCUT2D eigenvalue weighted by Gasteiger charge is -2.17. The second-order valence-electron chi connectivity index (χ2n) is 7.13. The van der Waals surface area contributed by atoms with Crippen LogP contribution >= 0.6 is 0 Å². The highest BCUT2D eigenvalue weighted by Gasteiger charge is 2.42. The number of hydrogen-bond donors (Lipinski definition) is 1. The summed E-state index contributed by atoms with van der Waals surface area (Å²) < 4.78 is 33.5. The van der Waals surface area contributed by atoms with Gasteiger partial charge in [0.1, 0.15) is 5.82 Å². The lowest BCUT2D eigenvalue weighted by atomic mass is 9.83. The molecule has 3 aromatic carbocycles. The Bertz CT molecular complexity index is 1020. The van der Waals surface area contributed by atoms with Crippen LogP contribution in [0.3, 0.4) is 0 Å². The number of amides is 1. The molecule has 0 radical (unpaired) electrons. The van der Waals surface area contributed by atoms with E-state index in [4.69, 9.17) is 4.55 Å². The van der Waals surface area contributed by atoms with Crippen LogP contribution in [-0.4, -0.2) is 21.2 Å². The van der Waals surface area contributed by atoms with Crippen molar-refractivity contribution in [2.75, 3.05) is 11.4 Å². The molecule has 1 aliphatic heterocycles. The van der Waals surface area contributed by atoms with Gasteiger partial charge in [0.25, 0.3) is 0 Å². The van der Waals surface area contributed by atoms with Crippen molar-refractivity contribution in [3.63, 3.8) is 0 Å². The first kappa shape index (κ1) is 19.5. The monoisotopic (exact) mass is 409 g/mol. The summed E-state index contributed by atoms with van der Waals surface area (Å²) in [6.07, 6.45) is 0. The molecule has 29 heavy (non-hydrogen) atoms. The van der Waals surface area contributed by atoms with Gasteiger partial charge in [-0.15, -0.1) is 0 Å². The third-order valence-electron chi connectivity index (χ3n) is 5.31. The van der Waals surface area contributed by atoms with Gasteiger partial charge in [0.15, 0.2) is 11.1 Å². The van der Waals surface area contributed by atoms with Crippen LogP contribution in [0.15, 0.2) is 78.9 Å². The molecule has 4 rings (SSSR count). The number of rotatable bonds is 5. The fourth-order valence-corrected chi connectivity index (χ4v) is 4.40. The van der Waals surface area contributed by atoms with Crippen molar-refractivity contribution in [1.29, 1.82) is 0 Å². The topological polar surface area (TPSA) is 57.6 Å². The Hall–Kier alpha value is -2.83. The van der Waals surface area contributed by atoms with E-state index in [0.29, 0.717) is 12.2 Å². The molecule has 1 saturated heterocycles. The van der Waals surface area contributed by atoms with Crippen LogP contribution in [0.5, 0.6) is 0 Å². The molecule has 3 aromatic rings. The number of carbonyl (C=O) groups excluding carboxylic acids is 1. The number of benzene rings is 3. The van der Waals surface area contributed by atoms with Crippen LogP contribution in [0.25, 0.3) is 0 Å². The molecule has 1 heterocycles. The molecule has 148 valence electrons. The summed E-state index contributed by atoms with van der Waals surface area (Å²) in [4.78, 5) is 15.1. The number of hydrogen-bond acceptors (Lipinski definition) is 2. The molecule has 0 spiro atoms. The van der Waals surface area contributed by atoms with E-state index in [1.165, 1.54) is 12.1 Å². The van der Waals surface area contributed by atoms with Gasteiger partial charge in [-0.1, -0.05) is 54.6 Å². The predicted octanol–water partition coefficient (Wildman–Crippen LogP) is 4.46. The molecular weight excluding hydrogens is 389 g/mol. The van der Waals surface area contributed by atoms with E-state index in [1.807, 2.05) is 54.6 Å². The van der Waals surface area contributed by atoms with Crippen molar-refractivity contribution in [2.45, 2.75) is 17.6 Å². The first-order valence-electron chi connectivity index (χ1n) is 9.31. The number of anilines is 1. The fraction of sp³-hybridized carbons (Fsp3) is 0.174. The van der Waals surface area contributed by atoms with Crippen LogP contribution < -0.4 is 4.90 Å². The molecule has 0 bridgehead atoms. The summed E-state index contributed by atoms with van der Waals surface area (Å²) in [5.41, 5.74) is 3.37. The zero-order chi connectivity index (χ0) is 20.4. The average Bonchev–Trinajstić information content (AvgIpc) is 3.06. The van der Waals surface area contributed by atoms with Gasteiger partial charge in [-0.2, -0.15) is 0 Å². The minimum Gasteiger partial charge on any atom is -0.311 e. The van der Waals surface area contributed by atoms with E-state index in [2.05, 4.69) is 0 Å². The summed E-state index contributed by atoms with van der Waals surface area (Å²) in [6, 6.07) is 23.1. The Morgan fingerprint density at radius 1 is 0.931 bits per heavy atom. The number of carbonyl (C=O) groups is 1. The van der Waals surface area contributed by atoms with Crippen molar-refractivity contribution >= 4 is 22.7 Å². The van der Waals surface area contributed by atoms with Crippen molar-refractivity contribution in [3.05, 3.63) is 101 Å². The summed E-state index contributed by atoms with van der Waals surface area (Å²) in [7, 11) is 0. The number of nitrogens with zero attached hydrogens (tertiary/aromatic N) is 1. The molecule has 3 unspecified atom stereocenters. The maximum absolute atomic E-state index is 13.3. The molecule has 1 N–H and O–H groups in total. The quantitative estimate of drug-likeness (QED) is 0.633. The van der Waals surface area contributed by atoms with E-state index in [0.717, 1.165) is 16.7 Å². The Labute approximate surface area is 171 Å². The third kappa shape index (κ3) is 4.13. The van der Waals surface area contributed by atoms with Crippen molar-refractivity contribution in [2.24, 2.45) is 0 Å². The van der Waals surface area contributed by atoms with Crippen LogP contribution in [0, 0.1) is 5.82 Å². The highest BCUT2D eigenvalue weighted by Crippen LogP contribution is 2.42. The second kappa shape index (κ2) is 8.27. The lowest BCUT2D eigenvalue weighted by Crippen LogP contribution is -2.26. The zero-order valence-electron chi connectivity index (χ0n) is 15.6. The van der Waals surface area contributed by atoms with Crippen molar-refractivity contribution in [3.8, 4) is 0 Å². The Balaban J connectivity index is 1.70. The Kier molecular flexibility index (Phi) is 5.56. The summed E-state index contributed by atoms with van der Waals surface area (Å²) >= 11 is -1.89. The van der Waals surface area contributed by atoms with Gasteiger partial charge in [0.2, 0.25) is 5.91 Å². The molecule has 1 fully saturated rings. The maximum atomic E-state index is 13.3. The first-order valence-corrected chi connectivity index (χ1v) is 10.6. The van der Waals surface area contributed by atoms with E-state index >= 15 is 0 Å². The summed E-state index contributed by atoms with van der Waals surface area (Å²) in [5.74, 6) is -0.710. The predicted molar refractivity (Wildman–Crippen MR) is 112 cm³/mol. The van der Waals surface area contributed by atoms with Crippen LogP contribution in [0.4, 0.5) is 10.1 Å². The average molecular weight is 409 g/mol. The molecule has 0 aromatic heterocycles. The van der Waals surface area contributed by atoms with Gasteiger partial charge < -0.3 is 9.45 Å². The van der Waals surface area contributed by atoms with Gasteiger partial charge in [-0.3, -0.25) is 4.79 Å². The van der Waals surface area contributed by atoms with Gasteiger partial charge in [0, 0.05) is 18.2 Å². The van der Waals surface area contributed by atoms with Crippen LogP contribution in [0.2, 0.25) is 0 Å². The van der Waals surface area contributed by atoms with Gasteiger partial charge >= 0.3 is 0 Å². The summed E-state index contributed by atoms with van der Waals surface area (Å²) in [5, 5.41) is 0. The van der Waals surface area contributed by atoms with E-state index in [1.54, 1.807) is 17.0 Å². The lowest BCUT2D eigenvalue weighted by molar-refractivity contribution is -0.118. The molecule has 0 saturated carbocycles. The SMILES string of the molecule is O=C1C(c2ccccc2)C(c2ccc(CS(=O)O)cc2)CN1c1ccc(F)cc1. The van der Waals surface area contributed by atoms with Gasteiger partial charge in [0.05, 0.1) is 11.7 Å². The van der Waals surface area contributed by atoms with Gasteiger partial charge in [-0.25, -0.2) is 8.60 Å². The fourth-order valence-electron chi connectivity index (χ4n) is 3.92. The van der Waals surface area contributed by atoms with E-state index in [9.17, 15) is 13.4 Å². The summed E-state index contributed by atoms with van der Waals surface area (Å²) in [6.45, 7) is 0.481. The van der Waals surface area contributed by atoms with Crippen molar-refractivity contribution in [1.82, 2.24) is 0 Å². The molecule has 1 amide bonds. The highest BCUT2D eigenvalue weighted by molar-refractivity contribution is 7.78. The Morgan fingerprint density at radius 3 is 2.21 bits per heavy atom. The standard InChI is InChI=1S/C23H20FNO3S/c24-19-10-12-20(13-11-19)25-14-21(17-8-6-16(7-9-17)15-29(27)28)22(23(25)26)18-4-2-1-3-5-18/h1-13,21-22H,14-15H2,(H,27,28). The second-order valence-corrected chi connectivity index (χ2v) is 8.06. The first-order chi connectivity index (χ1) is 14.0. The van der Waals surface area contributed by atoms with Gasteiger partial charge in [-0.05, 0) is 41.0 Å². The molecule has 6 heteroatoms. The minimum atomic E-state index is -1.89. The van der Waals surface area contributed by atoms with Crippen LogP contribution in [0.1, 0.15) is 28.5 Å². The molecule has 0 aliphatic carbocycles. The maximum Gasteiger partial charge on any atom is 0.235 e. The molecule has 1 aliphatic rings.